The Balaban J connectivity index is 1.74. The van der Waals surface area contributed by atoms with Crippen molar-refractivity contribution in [1.29, 1.82) is 0 Å². The molecule has 9 heteroatoms. The Labute approximate surface area is 175 Å². The van der Waals surface area contributed by atoms with Crippen molar-refractivity contribution < 1.29 is 19.1 Å². The molecule has 1 N–H and O–H groups in total. The maximum atomic E-state index is 11.5. The molecular formula is C19H14Cl2N2O4S. The van der Waals surface area contributed by atoms with Gasteiger partial charge in [-0.25, -0.2) is 4.79 Å². The van der Waals surface area contributed by atoms with E-state index in [1.165, 1.54) is 6.08 Å². The zero-order valence-corrected chi connectivity index (χ0v) is 16.9. The molecule has 0 amide bonds. The molecule has 1 heterocycles. The minimum absolute atomic E-state index is 0.0466. The summed E-state index contributed by atoms with van der Waals surface area (Å²) < 4.78 is 11.0. The molecule has 6 nitrogen and oxygen atoms in total. The summed E-state index contributed by atoms with van der Waals surface area (Å²) in [7, 11) is 0. The quantitative estimate of drug-likeness (QED) is 0.387. The fourth-order valence-electron chi connectivity index (χ4n) is 2.19. The Morgan fingerprint density at radius 2 is 2.04 bits per heavy atom. The van der Waals surface area contributed by atoms with Gasteiger partial charge in [0.1, 0.15) is 17.3 Å². The second-order valence-corrected chi connectivity index (χ2v) is 7.42. The smallest absolute Gasteiger partial charge is 0.342 e. The van der Waals surface area contributed by atoms with Crippen LogP contribution in [0, 0.1) is 6.92 Å². The van der Waals surface area contributed by atoms with Crippen LogP contribution in [0.5, 0.6) is 5.75 Å². The van der Waals surface area contributed by atoms with Crippen molar-refractivity contribution in [3.8, 4) is 5.75 Å². The summed E-state index contributed by atoms with van der Waals surface area (Å²) >= 11 is 12.8. The average molecular weight is 437 g/mol. The zero-order valence-electron chi connectivity index (χ0n) is 14.6. The van der Waals surface area contributed by atoms with Crippen molar-refractivity contribution in [2.75, 3.05) is 0 Å². The summed E-state index contributed by atoms with van der Waals surface area (Å²) in [5.41, 5.74) is 1.52. The van der Waals surface area contributed by atoms with Gasteiger partial charge in [0.05, 0.1) is 10.0 Å². The van der Waals surface area contributed by atoms with E-state index >= 15 is 0 Å². The fraction of sp³-hybridized carbons (Fsp3) is 0.105. The number of aryl methyl sites for hydroxylation is 1. The first-order valence-corrected chi connectivity index (χ1v) is 9.57. The second kappa shape index (κ2) is 9.14. The molecule has 0 radical (unpaired) electrons. The summed E-state index contributed by atoms with van der Waals surface area (Å²) in [6, 6.07) is 12.3. The van der Waals surface area contributed by atoms with Crippen molar-refractivity contribution in [2.24, 2.45) is 0 Å². The van der Waals surface area contributed by atoms with E-state index in [9.17, 15) is 9.90 Å². The molecule has 0 saturated carbocycles. The number of aromatic nitrogens is 2. The Hall–Kier alpha value is -2.48. The van der Waals surface area contributed by atoms with Crippen LogP contribution in [0.3, 0.4) is 0 Å². The predicted molar refractivity (Wildman–Crippen MR) is 108 cm³/mol. The molecular weight excluding hydrogens is 423 g/mol. The number of thioether (sulfide) groups is 1. The summed E-state index contributed by atoms with van der Waals surface area (Å²) in [6.45, 7) is 1.93. The fourth-order valence-corrected chi connectivity index (χ4v) is 3.23. The van der Waals surface area contributed by atoms with Crippen molar-refractivity contribution in [1.82, 2.24) is 10.2 Å². The maximum absolute atomic E-state index is 11.5. The first-order valence-electron chi connectivity index (χ1n) is 8.00. The number of carboxylic acids is 1. The van der Waals surface area contributed by atoms with E-state index in [0.717, 1.165) is 17.3 Å². The van der Waals surface area contributed by atoms with Crippen molar-refractivity contribution in [2.45, 2.75) is 18.8 Å². The lowest BCUT2D eigenvalue weighted by Gasteiger charge is -2.08. The lowest BCUT2D eigenvalue weighted by Crippen LogP contribution is -1.98. The topological polar surface area (TPSA) is 85.5 Å². The number of aliphatic carboxylic acids is 1. The number of carboxylic acid groups (broad SMARTS) is 1. The monoisotopic (exact) mass is 436 g/mol. The van der Waals surface area contributed by atoms with Gasteiger partial charge in [0.2, 0.25) is 5.89 Å². The van der Waals surface area contributed by atoms with Crippen LogP contribution >= 0.6 is 35.0 Å². The van der Waals surface area contributed by atoms with E-state index in [-0.39, 0.29) is 10.1 Å². The Kier molecular flexibility index (Phi) is 6.61. The number of halogens is 2. The summed E-state index contributed by atoms with van der Waals surface area (Å²) in [4.78, 5) is 11.6. The van der Waals surface area contributed by atoms with Gasteiger partial charge in [0.15, 0.2) is 0 Å². The van der Waals surface area contributed by atoms with Crippen LogP contribution in [0.25, 0.3) is 6.08 Å². The molecule has 3 rings (SSSR count). The second-order valence-electron chi connectivity index (χ2n) is 5.61. The lowest BCUT2D eigenvalue weighted by atomic mass is 10.2. The highest BCUT2D eigenvalue weighted by molar-refractivity contribution is 8.03. The summed E-state index contributed by atoms with van der Waals surface area (Å²) in [5, 5.41) is 18.0. The number of rotatable bonds is 7. The number of hydrogen-bond acceptors (Lipinski definition) is 6. The van der Waals surface area contributed by atoms with Gasteiger partial charge in [-0.15, -0.1) is 10.2 Å². The van der Waals surface area contributed by atoms with Crippen LogP contribution in [0.15, 0.2) is 57.0 Å². The molecule has 0 atom stereocenters. The number of nitrogens with zero attached hydrogens (tertiary/aromatic N) is 2. The largest absolute Gasteiger partial charge is 0.489 e. The summed E-state index contributed by atoms with van der Waals surface area (Å²) in [6.07, 6.45) is 1.51. The van der Waals surface area contributed by atoms with Gasteiger partial charge in [-0.05, 0) is 53.2 Å². The van der Waals surface area contributed by atoms with Gasteiger partial charge in [0.25, 0.3) is 5.22 Å². The Morgan fingerprint density at radius 3 is 2.71 bits per heavy atom. The van der Waals surface area contributed by atoms with E-state index < -0.39 is 5.97 Å². The SMILES string of the molecule is Cc1nnc(S/C(=C\c2cccc(OCc3ccc(Cl)c(Cl)c3)c2)C(=O)O)o1. The van der Waals surface area contributed by atoms with Gasteiger partial charge in [0, 0.05) is 6.92 Å². The molecule has 0 aliphatic rings. The van der Waals surface area contributed by atoms with Gasteiger partial charge < -0.3 is 14.3 Å². The number of carbonyl (C=O) groups is 1. The highest BCUT2D eigenvalue weighted by Crippen LogP contribution is 2.28. The molecule has 2 aromatic carbocycles. The highest BCUT2D eigenvalue weighted by Gasteiger charge is 2.14. The first-order chi connectivity index (χ1) is 13.4. The normalized spacial score (nSPS) is 11.5. The van der Waals surface area contributed by atoms with Crippen LogP contribution in [0.2, 0.25) is 10.0 Å². The first kappa shape index (κ1) is 20.3. The molecule has 0 aliphatic heterocycles. The minimum Gasteiger partial charge on any atom is -0.489 e. The van der Waals surface area contributed by atoms with Crippen LogP contribution < -0.4 is 4.74 Å². The van der Waals surface area contributed by atoms with Crippen LogP contribution in [-0.2, 0) is 11.4 Å². The third-order valence-electron chi connectivity index (χ3n) is 3.46. The average Bonchev–Trinajstić information content (AvgIpc) is 3.07. The Bertz CT molecular complexity index is 1040. The van der Waals surface area contributed by atoms with Crippen LogP contribution in [0.1, 0.15) is 17.0 Å². The Morgan fingerprint density at radius 1 is 1.21 bits per heavy atom. The number of hydrogen-bond donors (Lipinski definition) is 1. The van der Waals surface area contributed by atoms with E-state index in [4.69, 9.17) is 32.4 Å². The zero-order chi connectivity index (χ0) is 20.1. The third-order valence-corrected chi connectivity index (χ3v) is 5.05. The molecule has 0 saturated heterocycles. The van der Waals surface area contributed by atoms with Gasteiger partial charge in [-0.3, -0.25) is 0 Å². The molecule has 0 bridgehead atoms. The lowest BCUT2D eigenvalue weighted by molar-refractivity contribution is -0.131. The van der Waals surface area contributed by atoms with E-state index in [2.05, 4.69) is 10.2 Å². The van der Waals surface area contributed by atoms with Crippen LogP contribution in [-0.4, -0.2) is 21.3 Å². The van der Waals surface area contributed by atoms with E-state index in [1.54, 1.807) is 43.3 Å². The maximum Gasteiger partial charge on any atom is 0.342 e. The number of ether oxygens (including phenoxy) is 1. The summed E-state index contributed by atoms with van der Waals surface area (Å²) in [5.74, 6) is -0.142. The van der Waals surface area contributed by atoms with Crippen molar-refractivity contribution in [3.63, 3.8) is 0 Å². The molecule has 144 valence electrons. The molecule has 0 fully saturated rings. The van der Waals surface area contributed by atoms with Crippen molar-refractivity contribution in [3.05, 3.63) is 74.4 Å². The number of benzene rings is 2. The van der Waals surface area contributed by atoms with E-state index in [1.807, 2.05) is 6.07 Å². The molecule has 0 unspecified atom stereocenters. The van der Waals surface area contributed by atoms with Crippen LogP contribution in [0.4, 0.5) is 0 Å². The third kappa shape index (κ3) is 5.51. The molecule has 0 spiro atoms. The molecule has 3 aromatic rings. The van der Waals surface area contributed by atoms with E-state index in [0.29, 0.717) is 33.9 Å². The van der Waals surface area contributed by atoms with Crippen molar-refractivity contribution >= 4 is 47.0 Å². The molecule has 0 aliphatic carbocycles. The van der Waals surface area contributed by atoms with Gasteiger partial charge in [-0.2, -0.15) is 0 Å². The highest BCUT2D eigenvalue weighted by atomic mass is 35.5. The molecule has 28 heavy (non-hydrogen) atoms. The molecule has 1 aromatic heterocycles. The van der Waals surface area contributed by atoms with Gasteiger partial charge >= 0.3 is 5.97 Å². The minimum atomic E-state index is -1.09. The predicted octanol–water partition coefficient (Wildman–Crippen LogP) is 5.48. The standard InChI is InChI=1S/C19H14Cl2N2O4S/c1-11-22-23-19(27-11)28-17(18(24)25)9-12-3-2-4-14(7-12)26-10-13-5-6-15(20)16(21)8-13/h2-9H,10H2,1H3,(H,24,25)/b17-9-. The van der Waals surface area contributed by atoms with Gasteiger partial charge in [-0.1, -0.05) is 41.4 Å².